The Morgan fingerprint density at radius 2 is 1.77 bits per heavy atom. The number of carbonyl (C=O) groups excluding carboxylic acids is 3. The summed E-state index contributed by atoms with van der Waals surface area (Å²) in [6.45, 7) is -0.273. The summed E-state index contributed by atoms with van der Waals surface area (Å²) in [5.41, 5.74) is 0.666. The van der Waals surface area contributed by atoms with E-state index in [9.17, 15) is 19.2 Å². The summed E-state index contributed by atoms with van der Waals surface area (Å²) < 4.78 is 0. The second-order valence-electron chi connectivity index (χ2n) is 10.8. The first-order valence-corrected chi connectivity index (χ1v) is 15.6. The first-order valence-electron chi connectivity index (χ1n) is 13.1. The van der Waals surface area contributed by atoms with Crippen molar-refractivity contribution in [3.63, 3.8) is 0 Å². The zero-order valence-corrected chi connectivity index (χ0v) is 23.0. The van der Waals surface area contributed by atoms with Crippen LogP contribution >= 0.6 is 34.4 Å². The number of carbonyl (C=O) groups is 3. The van der Waals surface area contributed by atoms with Crippen molar-refractivity contribution in [2.45, 2.75) is 22.6 Å². The van der Waals surface area contributed by atoms with E-state index >= 15 is 0 Å². The normalized spacial score (nSPS) is 30.5. The highest BCUT2D eigenvalue weighted by atomic mass is 32.2. The number of rotatable bonds is 4. The maximum absolute atomic E-state index is 13.8. The third-order valence-corrected chi connectivity index (χ3v) is 12.6. The summed E-state index contributed by atoms with van der Waals surface area (Å²) in [6.07, 6.45) is 0.840. The lowest BCUT2D eigenvalue weighted by atomic mass is 9.69. The summed E-state index contributed by atoms with van der Waals surface area (Å²) in [7, 11) is 0. The van der Waals surface area contributed by atoms with Crippen molar-refractivity contribution >= 4 is 68.6 Å². The van der Waals surface area contributed by atoms with Crippen LogP contribution in [0.15, 0.2) is 69.8 Å². The molecule has 3 amide bonds. The van der Waals surface area contributed by atoms with Crippen LogP contribution in [0.2, 0.25) is 0 Å². The molecule has 4 aromatic rings. The van der Waals surface area contributed by atoms with Gasteiger partial charge in [-0.2, -0.15) is 0 Å². The molecule has 8 rings (SSSR count). The molecule has 2 bridgehead atoms. The minimum Gasteiger partial charge on any atom is -0.324 e. The number of thioether (sulfide) groups is 1. The highest BCUT2D eigenvalue weighted by Gasteiger charge is 2.69. The second kappa shape index (κ2) is 8.64. The molecule has 196 valence electrons. The van der Waals surface area contributed by atoms with Crippen LogP contribution in [-0.4, -0.2) is 39.4 Å². The first-order chi connectivity index (χ1) is 19.0. The smallest absolute Gasteiger partial charge is 0.305 e. The minimum absolute atomic E-state index is 0.0524. The minimum atomic E-state index is -0.394. The molecule has 2 saturated carbocycles. The largest absolute Gasteiger partial charge is 0.324 e. The van der Waals surface area contributed by atoms with Crippen molar-refractivity contribution in [2.24, 2.45) is 29.6 Å². The fourth-order valence-corrected chi connectivity index (χ4v) is 11.5. The number of imide groups is 1. The van der Waals surface area contributed by atoms with Crippen LogP contribution < -0.4 is 10.2 Å². The van der Waals surface area contributed by atoms with Gasteiger partial charge in [0.15, 0.2) is 0 Å². The topological polar surface area (TPSA) is 99.3 Å². The fraction of sp³-hybridized carbons (Fsp3) is 0.310. The van der Waals surface area contributed by atoms with Crippen LogP contribution in [0.3, 0.4) is 0 Å². The van der Waals surface area contributed by atoms with Gasteiger partial charge in [0, 0.05) is 32.0 Å². The predicted molar refractivity (Wildman–Crippen MR) is 152 cm³/mol. The number of hydrogen-bond acceptors (Lipinski definition) is 7. The van der Waals surface area contributed by atoms with E-state index in [1.54, 1.807) is 23.1 Å². The number of hydrogen-bond donors (Lipinski definition) is 2. The summed E-state index contributed by atoms with van der Waals surface area (Å²) in [4.78, 5) is 59.3. The number of H-pyrrole nitrogens is 1. The lowest BCUT2D eigenvalue weighted by Crippen LogP contribution is -2.42. The Morgan fingerprint density at radius 1 is 0.974 bits per heavy atom. The number of fused-ring (bicyclic) bond motifs is 10. The Morgan fingerprint density at radius 3 is 2.59 bits per heavy atom. The molecule has 7 nitrogen and oxygen atoms in total. The maximum atomic E-state index is 13.8. The van der Waals surface area contributed by atoms with Gasteiger partial charge < -0.3 is 10.3 Å². The number of thiazole rings is 1. The molecular weight excluding hydrogens is 551 g/mol. The molecular formula is C29H23N3O4S3. The molecule has 4 aliphatic rings. The molecule has 2 aliphatic heterocycles. The van der Waals surface area contributed by atoms with Gasteiger partial charge in [0.1, 0.15) is 6.54 Å². The van der Waals surface area contributed by atoms with Gasteiger partial charge in [0.05, 0.1) is 16.9 Å². The SMILES string of the molecule is O=C(CN1C(=O)C2C3CC(C2C1=O)C1C3Sc2[nH]c(=O)sc2[C@@H]1c1cccs1)Nc1cccc2ccccc12. The molecule has 0 radical (unpaired) electrons. The molecule has 0 spiro atoms. The molecule has 1 saturated heterocycles. The molecule has 39 heavy (non-hydrogen) atoms. The van der Waals surface area contributed by atoms with Crippen LogP contribution in [0.25, 0.3) is 10.8 Å². The third-order valence-electron chi connectivity index (χ3n) is 9.03. The number of aromatic amines is 1. The van der Waals surface area contributed by atoms with Gasteiger partial charge in [-0.1, -0.05) is 53.8 Å². The van der Waals surface area contributed by atoms with Gasteiger partial charge in [-0.15, -0.1) is 23.1 Å². The van der Waals surface area contributed by atoms with Crippen molar-refractivity contribution in [1.29, 1.82) is 0 Å². The van der Waals surface area contributed by atoms with E-state index in [0.29, 0.717) is 5.69 Å². The van der Waals surface area contributed by atoms with Gasteiger partial charge in [-0.25, -0.2) is 0 Å². The van der Waals surface area contributed by atoms with Crippen LogP contribution in [0.1, 0.15) is 22.1 Å². The van der Waals surface area contributed by atoms with E-state index in [0.717, 1.165) is 27.1 Å². The standard InChI is InChI=1S/C29H23N3O4S3/c33-19(30-17-8-3-6-13-5-1-2-7-14(13)17)12-32-27(34)21-15-11-16(22(21)28(32)35)24-20(15)23(18-9-4-10-37-18)25-26(38-24)31-29(36)39-25/h1-10,15-16,20-24H,11-12H2,(H,30,33)(H,31,36)/t15?,16?,20?,21?,22?,23-,24?/m1/s1. The molecule has 10 heteroatoms. The zero-order valence-electron chi connectivity index (χ0n) is 20.5. The number of nitrogens with one attached hydrogen (secondary N) is 2. The number of nitrogens with zero attached hydrogens (tertiary/aromatic N) is 1. The highest BCUT2D eigenvalue weighted by Crippen LogP contribution is 2.68. The van der Waals surface area contributed by atoms with Gasteiger partial charge >= 0.3 is 4.87 Å². The first kappa shape index (κ1) is 23.7. The molecule has 2 N–H and O–H groups in total. The van der Waals surface area contributed by atoms with E-state index < -0.39 is 11.8 Å². The number of benzene rings is 2. The Balaban J connectivity index is 1.08. The van der Waals surface area contributed by atoms with Crippen molar-refractivity contribution in [3.05, 3.63) is 79.4 Å². The van der Waals surface area contributed by atoms with Gasteiger partial charge in [0.25, 0.3) is 0 Å². The lowest BCUT2D eigenvalue weighted by molar-refractivity contribution is -0.143. The summed E-state index contributed by atoms with van der Waals surface area (Å²) in [5.74, 6) is -1.25. The van der Waals surface area contributed by atoms with Crippen LogP contribution in [0.5, 0.6) is 0 Å². The summed E-state index contributed by atoms with van der Waals surface area (Å²) in [5, 5.41) is 7.96. The molecule has 2 aliphatic carbocycles. The Hall–Kier alpha value is -3.21. The average molecular weight is 574 g/mol. The fourth-order valence-electron chi connectivity index (χ4n) is 7.69. The molecule has 6 unspecified atom stereocenters. The van der Waals surface area contributed by atoms with Crippen molar-refractivity contribution in [1.82, 2.24) is 9.88 Å². The Labute approximate surface area is 235 Å². The van der Waals surface area contributed by atoms with Gasteiger partial charge in [-0.05, 0) is 47.1 Å². The van der Waals surface area contributed by atoms with Gasteiger partial charge in [0.2, 0.25) is 17.7 Å². The predicted octanol–water partition coefficient (Wildman–Crippen LogP) is 4.76. The molecule has 2 aromatic carbocycles. The Bertz CT molecular complexity index is 1720. The van der Waals surface area contributed by atoms with Crippen LogP contribution in [0.4, 0.5) is 5.69 Å². The lowest BCUT2D eigenvalue weighted by Gasteiger charge is -2.42. The van der Waals surface area contributed by atoms with Gasteiger partial charge in [-0.3, -0.25) is 24.1 Å². The number of likely N-dealkylation sites (tertiary alicyclic amines) is 1. The molecule has 3 fully saturated rings. The van der Waals surface area contributed by atoms with Crippen molar-refractivity contribution < 1.29 is 14.4 Å². The number of amides is 3. The van der Waals surface area contributed by atoms with Crippen molar-refractivity contribution in [2.75, 3.05) is 11.9 Å². The zero-order chi connectivity index (χ0) is 26.4. The molecule has 4 heterocycles. The molecule has 2 aromatic heterocycles. The molecule has 7 atom stereocenters. The van der Waals surface area contributed by atoms with E-state index in [-0.39, 0.29) is 58.1 Å². The monoisotopic (exact) mass is 573 g/mol. The second-order valence-corrected chi connectivity index (χ2v) is 14.0. The quantitative estimate of drug-likeness (QED) is 0.343. The third kappa shape index (κ3) is 3.41. The van der Waals surface area contributed by atoms with E-state index in [4.69, 9.17) is 0 Å². The Kier molecular flexibility index (Phi) is 5.24. The van der Waals surface area contributed by atoms with E-state index in [1.165, 1.54) is 21.1 Å². The summed E-state index contributed by atoms with van der Waals surface area (Å²) in [6, 6.07) is 17.6. The number of aromatic nitrogens is 1. The van der Waals surface area contributed by atoms with Crippen LogP contribution in [0, 0.1) is 29.6 Å². The van der Waals surface area contributed by atoms with Crippen molar-refractivity contribution in [3.8, 4) is 0 Å². The highest BCUT2D eigenvalue weighted by molar-refractivity contribution is 8.00. The maximum Gasteiger partial charge on any atom is 0.305 e. The van der Waals surface area contributed by atoms with E-state index in [2.05, 4.69) is 21.7 Å². The van der Waals surface area contributed by atoms with E-state index in [1.807, 2.05) is 48.5 Å². The average Bonchev–Trinajstić information content (AvgIpc) is 3.75. The summed E-state index contributed by atoms with van der Waals surface area (Å²) >= 11 is 4.63. The number of thiophene rings is 1. The van der Waals surface area contributed by atoms with Crippen LogP contribution in [-0.2, 0) is 14.4 Å². The number of anilines is 1.